The van der Waals surface area contributed by atoms with E-state index < -0.39 is 5.97 Å². The van der Waals surface area contributed by atoms with Crippen LogP contribution in [0.3, 0.4) is 0 Å². The molecule has 0 amide bonds. The molecule has 0 aromatic heterocycles. The second kappa shape index (κ2) is 8.68. The SMILES string of the molecule is Nc1cccc(C(=O)O)c1OCCCN1CC=C(c2ccc(F)cc2)CC1. The summed E-state index contributed by atoms with van der Waals surface area (Å²) >= 11 is 0. The highest BCUT2D eigenvalue weighted by Crippen LogP contribution is 2.27. The van der Waals surface area contributed by atoms with Crippen molar-refractivity contribution in [1.29, 1.82) is 0 Å². The molecule has 0 radical (unpaired) electrons. The van der Waals surface area contributed by atoms with Crippen LogP contribution in [0.1, 0.15) is 28.8 Å². The Kier molecular flexibility index (Phi) is 6.08. The zero-order valence-electron chi connectivity index (χ0n) is 15.0. The molecule has 5 nitrogen and oxygen atoms in total. The van der Waals surface area contributed by atoms with Gasteiger partial charge in [0, 0.05) is 19.6 Å². The van der Waals surface area contributed by atoms with Crippen LogP contribution >= 0.6 is 0 Å². The van der Waals surface area contributed by atoms with E-state index in [-0.39, 0.29) is 17.1 Å². The van der Waals surface area contributed by atoms with Crippen LogP contribution in [0.5, 0.6) is 5.75 Å². The van der Waals surface area contributed by atoms with Crippen molar-refractivity contribution in [3.63, 3.8) is 0 Å². The van der Waals surface area contributed by atoms with Gasteiger partial charge in [0.15, 0.2) is 5.75 Å². The summed E-state index contributed by atoms with van der Waals surface area (Å²) < 4.78 is 18.7. The molecule has 0 aliphatic carbocycles. The van der Waals surface area contributed by atoms with Crippen molar-refractivity contribution >= 4 is 17.2 Å². The van der Waals surface area contributed by atoms with Gasteiger partial charge in [-0.3, -0.25) is 4.90 Å². The average Bonchev–Trinajstić information content (AvgIpc) is 2.67. The first-order chi connectivity index (χ1) is 13.0. The fraction of sp³-hybridized carbons (Fsp3) is 0.286. The maximum absolute atomic E-state index is 13.0. The molecule has 27 heavy (non-hydrogen) atoms. The summed E-state index contributed by atoms with van der Waals surface area (Å²) in [4.78, 5) is 13.6. The Hall–Kier alpha value is -2.86. The van der Waals surface area contributed by atoms with Crippen molar-refractivity contribution in [1.82, 2.24) is 4.90 Å². The first kappa shape index (κ1) is 18.9. The number of aromatic carboxylic acids is 1. The van der Waals surface area contributed by atoms with E-state index in [9.17, 15) is 14.3 Å². The van der Waals surface area contributed by atoms with Crippen LogP contribution < -0.4 is 10.5 Å². The minimum absolute atomic E-state index is 0.0832. The highest BCUT2D eigenvalue weighted by Gasteiger charge is 2.15. The summed E-state index contributed by atoms with van der Waals surface area (Å²) in [6, 6.07) is 11.3. The average molecular weight is 370 g/mol. The highest BCUT2D eigenvalue weighted by atomic mass is 19.1. The summed E-state index contributed by atoms with van der Waals surface area (Å²) in [5.74, 6) is -1.03. The highest BCUT2D eigenvalue weighted by molar-refractivity contribution is 5.93. The van der Waals surface area contributed by atoms with Crippen LogP contribution in [-0.4, -0.2) is 42.2 Å². The van der Waals surface area contributed by atoms with E-state index in [4.69, 9.17) is 10.5 Å². The van der Waals surface area contributed by atoms with Gasteiger partial charge in [0.2, 0.25) is 0 Å². The molecule has 1 aliphatic heterocycles. The molecule has 3 rings (SSSR count). The third-order valence-corrected chi connectivity index (χ3v) is 4.65. The quantitative estimate of drug-likeness (QED) is 0.575. The van der Waals surface area contributed by atoms with Gasteiger partial charge in [-0.15, -0.1) is 0 Å². The van der Waals surface area contributed by atoms with Gasteiger partial charge in [-0.1, -0.05) is 24.3 Å². The number of carboxylic acid groups (broad SMARTS) is 1. The van der Waals surface area contributed by atoms with Crippen molar-refractivity contribution < 1.29 is 19.0 Å². The summed E-state index contributed by atoms with van der Waals surface area (Å²) in [7, 11) is 0. The predicted molar refractivity (Wildman–Crippen MR) is 103 cm³/mol. The van der Waals surface area contributed by atoms with Gasteiger partial charge >= 0.3 is 5.97 Å². The molecule has 0 fully saturated rings. The lowest BCUT2D eigenvalue weighted by Crippen LogP contribution is -2.30. The molecule has 3 N–H and O–H groups in total. The maximum Gasteiger partial charge on any atom is 0.339 e. The fourth-order valence-corrected chi connectivity index (χ4v) is 3.19. The molecule has 2 aromatic carbocycles. The largest absolute Gasteiger partial charge is 0.490 e. The minimum Gasteiger partial charge on any atom is -0.490 e. The number of carbonyl (C=O) groups is 1. The zero-order valence-corrected chi connectivity index (χ0v) is 15.0. The second-order valence-electron chi connectivity index (χ2n) is 6.52. The van der Waals surface area contributed by atoms with E-state index in [0.717, 1.165) is 38.0 Å². The van der Waals surface area contributed by atoms with E-state index in [0.29, 0.717) is 12.3 Å². The number of halogens is 1. The maximum atomic E-state index is 13.0. The zero-order chi connectivity index (χ0) is 19.2. The fourth-order valence-electron chi connectivity index (χ4n) is 3.19. The second-order valence-corrected chi connectivity index (χ2v) is 6.52. The molecule has 1 aliphatic rings. The van der Waals surface area contributed by atoms with Crippen molar-refractivity contribution in [2.75, 3.05) is 32.0 Å². The van der Waals surface area contributed by atoms with Crippen LogP contribution in [0.2, 0.25) is 0 Å². The number of hydrogen-bond donors (Lipinski definition) is 2. The van der Waals surface area contributed by atoms with Gasteiger partial charge in [0.05, 0.1) is 12.3 Å². The molecule has 0 saturated heterocycles. The number of nitrogen functional groups attached to an aromatic ring is 1. The van der Waals surface area contributed by atoms with Crippen LogP contribution in [-0.2, 0) is 0 Å². The van der Waals surface area contributed by atoms with Gasteiger partial charge in [-0.05, 0) is 48.2 Å². The number of ether oxygens (including phenoxy) is 1. The molecule has 142 valence electrons. The number of anilines is 1. The normalized spacial score (nSPS) is 14.6. The smallest absolute Gasteiger partial charge is 0.339 e. The van der Waals surface area contributed by atoms with Crippen molar-refractivity contribution in [3.8, 4) is 5.75 Å². The van der Waals surface area contributed by atoms with Gasteiger partial charge in [0.25, 0.3) is 0 Å². The summed E-state index contributed by atoms with van der Waals surface area (Å²) in [6.07, 6.45) is 3.86. The Balaban J connectivity index is 1.47. The number of benzene rings is 2. The first-order valence-corrected chi connectivity index (χ1v) is 8.96. The van der Waals surface area contributed by atoms with Gasteiger partial charge in [0.1, 0.15) is 11.4 Å². The molecule has 1 heterocycles. The third-order valence-electron chi connectivity index (χ3n) is 4.65. The topological polar surface area (TPSA) is 75.8 Å². The summed E-state index contributed by atoms with van der Waals surface area (Å²) in [5.41, 5.74) is 8.56. The Bertz CT molecular complexity index is 834. The number of para-hydroxylation sites is 1. The minimum atomic E-state index is -1.05. The standard InChI is InChI=1S/C21H23FN2O3/c22-17-7-5-15(6-8-17)16-9-12-24(13-10-16)11-2-14-27-20-18(21(25)26)3-1-4-19(20)23/h1,3-9H,2,10-14,23H2,(H,25,26). The monoisotopic (exact) mass is 370 g/mol. The molecular formula is C21H23FN2O3. The van der Waals surface area contributed by atoms with Gasteiger partial charge < -0.3 is 15.6 Å². The van der Waals surface area contributed by atoms with Crippen LogP contribution in [0.25, 0.3) is 5.57 Å². The Morgan fingerprint density at radius 2 is 2.00 bits per heavy atom. The number of nitrogens with two attached hydrogens (primary N) is 1. The molecule has 6 heteroatoms. The van der Waals surface area contributed by atoms with E-state index in [1.54, 1.807) is 12.1 Å². The lowest BCUT2D eigenvalue weighted by Gasteiger charge is -2.26. The summed E-state index contributed by atoms with van der Waals surface area (Å²) in [5, 5.41) is 9.21. The van der Waals surface area contributed by atoms with Crippen molar-refractivity contribution in [2.45, 2.75) is 12.8 Å². The number of nitrogens with zero attached hydrogens (tertiary/aromatic N) is 1. The molecule has 0 atom stereocenters. The van der Waals surface area contributed by atoms with Gasteiger partial charge in [-0.2, -0.15) is 0 Å². The molecule has 0 saturated carbocycles. The molecular weight excluding hydrogens is 347 g/mol. The molecule has 0 unspecified atom stereocenters. The Labute approximate surface area is 157 Å². The number of hydrogen-bond acceptors (Lipinski definition) is 4. The third kappa shape index (κ3) is 4.86. The molecule has 0 bridgehead atoms. The van der Waals surface area contributed by atoms with E-state index in [2.05, 4.69) is 11.0 Å². The van der Waals surface area contributed by atoms with Crippen molar-refractivity contribution in [3.05, 3.63) is 65.5 Å². The first-order valence-electron chi connectivity index (χ1n) is 8.96. The van der Waals surface area contributed by atoms with Crippen LogP contribution in [0, 0.1) is 5.82 Å². The lowest BCUT2D eigenvalue weighted by molar-refractivity contribution is 0.0692. The van der Waals surface area contributed by atoms with E-state index in [1.165, 1.54) is 23.8 Å². The van der Waals surface area contributed by atoms with E-state index in [1.807, 2.05) is 12.1 Å². The number of rotatable bonds is 7. The Morgan fingerprint density at radius 3 is 2.67 bits per heavy atom. The molecule has 2 aromatic rings. The van der Waals surface area contributed by atoms with Crippen molar-refractivity contribution in [2.24, 2.45) is 0 Å². The van der Waals surface area contributed by atoms with Gasteiger partial charge in [-0.25, -0.2) is 9.18 Å². The Morgan fingerprint density at radius 1 is 1.22 bits per heavy atom. The van der Waals surface area contributed by atoms with Crippen LogP contribution in [0.4, 0.5) is 10.1 Å². The van der Waals surface area contributed by atoms with E-state index >= 15 is 0 Å². The van der Waals surface area contributed by atoms with Crippen LogP contribution in [0.15, 0.2) is 48.5 Å². The predicted octanol–water partition coefficient (Wildman–Crippen LogP) is 3.66. The number of carboxylic acids is 1. The lowest BCUT2D eigenvalue weighted by atomic mass is 9.99. The molecule has 0 spiro atoms. The summed E-state index contributed by atoms with van der Waals surface area (Å²) in [6.45, 7) is 3.01.